The van der Waals surface area contributed by atoms with Crippen molar-refractivity contribution in [3.8, 4) is 58.0 Å². The number of aromatic amines is 1. The van der Waals surface area contributed by atoms with Gasteiger partial charge in [-0.25, -0.2) is 9.59 Å². The maximum Gasteiger partial charge on any atom is 0.351 e. The molecular weight excluding hydrogens is 971 g/mol. The van der Waals surface area contributed by atoms with E-state index in [2.05, 4.69) is 34.0 Å². The number of carbonyl (C=O) groups is 2. The van der Waals surface area contributed by atoms with Crippen LogP contribution in [0.5, 0.6) is 23.0 Å². The van der Waals surface area contributed by atoms with Crippen LogP contribution >= 0.6 is 0 Å². The third-order valence-electron chi connectivity index (χ3n) is 15.5. The zero-order valence-corrected chi connectivity index (χ0v) is 38.8. The first kappa shape index (κ1) is 49.0. The van der Waals surface area contributed by atoms with Gasteiger partial charge in [-0.3, -0.25) is 4.79 Å². The Morgan fingerprint density at radius 3 is 2.43 bits per heavy atom. The smallest absolute Gasteiger partial charge is 0.351 e. The first-order valence-electron chi connectivity index (χ1n) is 23.7. The lowest BCUT2D eigenvalue weighted by molar-refractivity contribution is -0.394. The van der Waals surface area contributed by atoms with Gasteiger partial charge in [-0.2, -0.15) is 0 Å². The highest BCUT2D eigenvalue weighted by molar-refractivity contribution is 5.90. The van der Waals surface area contributed by atoms with Crippen LogP contribution in [0.1, 0.15) is 60.4 Å². The predicted octanol–water partition coefficient (Wildman–Crippen LogP) is -0.531. The molecule has 0 radical (unpaired) electrons. The van der Waals surface area contributed by atoms with Gasteiger partial charge >= 0.3 is 11.9 Å². The molecule has 3 spiro atoms. The van der Waals surface area contributed by atoms with E-state index in [1.807, 2.05) is 0 Å². The summed E-state index contributed by atoms with van der Waals surface area (Å²) in [6.07, 6.45) is -8.39. The van der Waals surface area contributed by atoms with Gasteiger partial charge in [0.15, 0.2) is 28.6 Å². The number of H-pyrrole nitrogens is 1. The molecule has 4 aromatic rings. The molecule has 15 N–H and O–H groups in total. The SMILES string of the molecule is NC1C=CC([C@H]2C=C3Cc4[nH]ccc4C#CC4(CCCC4)[C@]4(O)[C@H](O)[C@@H](O)[C@@]3(Oc3cc5oc(-c6cc(O)c(O)c(CCO)c6)cc(=O)c5c(O)c32)O[C@@]42CC#C[C@]3(C(=O)O)O[C@H](OC2=O)[C@H](O)[C@@H](O)[C@@H]3O)=CN1. The number of carboxylic acid groups (broad SMARTS) is 1. The van der Waals surface area contributed by atoms with Crippen molar-refractivity contribution in [3.05, 3.63) is 105 Å². The van der Waals surface area contributed by atoms with E-state index in [4.69, 9.17) is 29.1 Å². The van der Waals surface area contributed by atoms with E-state index in [1.165, 1.54) is 24.4 Å². The summed E-state index contributed by atoms with van der Waals surface area (Å²) in [5, 5.41) is 130. The lowest BCUT2D eigenvalue weighted by Crippen LogP contribution is -2.83. The van der Waals surface area contributed by atoms with Crippen molar-refractivity contribution in [3.63, 3.8) is 0 Å². The number of ether oxygens (including phenoxy) is 4. The number of allylic oxidation sites excluding steroid dienone is 3. The van der Waals surface area contributed by atoms with Crippen molar-refractivity contribution >= 4 is 22.9 Å². The molecule has 12 atom stereocenters. The summed E-state index contributed by atoms with van der Waals surface area (Å²) >= 11 is 0. The second kappa shape index (κ2) is 17.2. The van der Waals surface area contributed by atoms with Crippen LogP contribution in [0, 0.1) is 29.1 Å². The number of dihydropyridines is 1. The summed E-state index contributed by atoms with van der Waals surface area (Å²) in [6.45, 7) is -0.419. The van der Waals surface area contributed by atoms with Crippen molar-refractivity contribution in [2.24, 2.45) is 11.1 Å². The van der Waals surface area contributed by atoms with E-state index in [-0.39, 0.29) is 64.7 Å². The molecule has 4 bridgehead atoms. The number of aliphatic carboxylic acids is 1. The lowest BCUT2D eigenvalue weighted by Gasteiger charge is -2.62. The molecule has 0 amide bonds. The van der Waals surface area contributed by atoms with Crippen LogP contribution in [-0.4, -0.2) is 145 Å². The number of aromatic nitrogens is 1. The van der Waals surface area contributed by atoms with Crippen molar-refractivity contribution < 1.29 is 89.1 Å². The van der Waals surface area contributed by atoms with Gasteiger partial charge in [-0.15, -0.1) is 0 Å². The predicted molar refractivity (Wildman–Crippen MR) is 251 cm³/mol. The average molecular weight is 1020 g/mol. The molecule has 12 rings (SSSR count). The van der Waals surface area contributed by atoms with E-state index in [0.29, 0.717) is 29.7 Å². The molecule has 3 fully saturated rings. The number of aromatic hydroxyl groups is 3. The number of phenols is 3. The van der Waals surface area contributed by atoms with Gasteiger partial charge < -0.3 is 95.6 Å². The first-order chi connectivity index (χ1) is 35.2. The molecule has 2 saturated heterocycles. The Morgan fingerprint density at radius 1 is 0.946 bits per heavy atom. The van der Waals surface area contributed by atoms with Crippen LogP contribution in [0.3, 0.4) is 0 Å². The first-order valence-corrected chi connectivity index (χ1v) is 23.7. The zero-order chi connectivity index (χ0) is 52.4. The van der Waals surface area contributed by atoms with Gasteiger partial charge in [0.2, 0.25) is 11.9 Å². The topological polar surface area (TPSA) is 378 Å². The third-order valence-corrected chi connectivity index (χ3v) is 15.5. The van der Waals surface area contributed by atoms with Crippen LogP contribution in [0.15, 0.2) is 81.3 Å². The van der Waals surface area contributed by atoms with Crippen molar-refractivity contribution in [1.82, 2.24) is 10.3 Å². The number of carboxylic acids is 1. The second-order valence-corrected chi connectivity index (χ2v) is 19.6. The van der Waals surface area contributed by atoms with Crippen molar-refractivity contribution in [2.45, 2.75) is 116 Å². The van der Waals surface area contributed by atoms with Crippen LogP contribution in [0.2, 0.25) is 0 Å². The van der Waals surface area contributed by atoms with Gasteiger partial charge in [0.1, 0.15) is 52.6 Å². The fourth-order valence-corrected chi connectivity index (χ4v) is 11.7. The summed E-state index contributed by atoms with van der Waals surface area (Å²) in [6, 6.07) is 6.31. The highest BCUT2D eigenvalue weighted by atomic mass is 16.8. The third kappa shape index (κ3) is 6.81. The number of carbonyl (C=O) groups excluding carboxylic acids is 1. The Labute approximate surface area is 418 Å². The summed E-state index contributed by atoms with van der Waals surface area (Å²) in [4.78, 5) is 46.1. The highest BCUT2D eigenvalue weighted by Gasteiger charge is 2.80. The number of fused-ring (bicyclic) bond motifs is 5. The minimum atomic E-state index is -3.17. The van der Waals surface area contributed by atoms with Crippen molar-refractivity contribution in [2.75, 3.05) is 6.61 Å². The molecule has 386 valence electrons. The molecule has 1 unspecified atom stereocenters. The van der Waals surface area contributed by atoms with E-state index >= 15 is 4.79 Å². The molecule has 2 aliphatic carbocycles. The average Bonchev–Trinajstić information content (AvgIpc) is 4.03. The molecule has 2 aromatic heterocycles. The maximum absolute atomic E-state index is 15.6. The number of esters is 1. The molecule has 8 aliphatic rings. The molecule has 8 heterocycles. The number of nitrogens with two attached hydrogens (primary N) is 1. The Balaban J connectivity index is 1.21. The van der Waals surface area contributed by atoms with Gasteiger partial charge in [-0.05, 0) is 49.1 Å². The minimum absolute atomic E-state index is 0.0382. The maximum atomic E-state index is 15.6. The standard InChI is InChI=1S/C52H49N3O19/c53-35-5-4-25(22-55-35)28-18-27-19-29-23(7-14-54-29)6-13-48(9-1-2-10-48)52(69)44(65)43(64)51(27,74-50(52)12-3-11-49(46(66)67)42(63)40(61)41(62)45(73-49)71-47(50)68)72-34-21-33-37(39(60)36(28)34)30(57)20-32(70-33)26-16-24(8-15-56)38(59)31(58)17-26/h4-5,7,14,16-18,20-22,28,35,40-45,54-56,58-65,69H,1-2,8-10,12,15,19,53H2,(H,66,67)/t28-,35?,40-,41-,42+,43-,44-,45+,49+,50-,51+,52-/m1/s1. The lowest BCUT2D eigenvalue weighted by atomic mass is 9.56. The molecule has 6 aliphatic heterocycles. The van der Waals surface area contributed by atoms with Crippen LogP contribution < -0.4 is 21.2 Å². The molecular formula is C52H49N3O19. The van der Waals surface area contributed by atoms with Gasteiger partial charge in [0.05, 0.1) is 18.0 Å². The number of nitrogens with one attached hydrogen (secondary N) is 2. The Hall–Kier alpha value is -7.19. The van der Waals surface area contributed by atoms with Crippen LogP contribution in [0.4, 0.5) is 0 Å². The Morgan fingerprint density at radius 2 is 1.72 bits per heavy atom. The summed E-state index contributed by atoms with van der Waals surface area (Å²) in [5.41, 5.74) is -5.28. The van der Waals surface area contributed by atoms with Crippen molar-refractivity contribution in [1.29, 1.82) is 0 Å². The molecule has 1 saturated carbocycles. The largest absolute Gasteiger partial charge is 0.507 e. The number of phenolic OH excluding ortho intramolecular Hbond substituents is 3. The monoisotopic (exact) mass is 1020 g/mol. The van der Waals surface area contributed by atoms with E-state index in [9.17, 15) is 65.8 Å². The normalized spacial score (nSPS) is 34.5. The van der Waals surface area contributed by atoms with E-state index < -0.39 is 130 Å². The summed E-state index contributed by atoms with van der Waals surface area (Å²) in [7, 11) is 0. The summed E-state index contributed by atoms with van der Waals surface area (Å²) in [5.74, 6) is 0.775. The van der Waals surface area contributed by atoms with Crippen LogP contribution in [-0.2, 0) is 36.6 Å². The Bertz CT molecular complexity index is 3350. The van der Waals surface area contributed by atoms with Gasteiger partial charge in [-0.1, -0.05) is 48.7 Å². The summed E-state index contributed by atoms with van der Waals surface area (Å²) < 4.78 is 31.6. The number of aliphatic hydroxyl groups excluding tert-OH is 6. The fourth-order valence-electron chi connectivity index (χ4n) is 11.7. The van der Waals surface area contributed by atoms with E-state index in [1.54, 1.807) is 24.4 Å². The number of aliphatic hydroxyl groups is 7. The van der Waals surface area contributed by atoms with Gasteiger partial charge in [0.25, 0.3) is 11.4 Å². The molecule has 74 heavy (non-hydrogen) atoms. The quantitative estimate of drug-likeness (QED) is 0.0517. The molecule has 22 heteroatoms. The van der Waals surface area contributed by atoms with Gasteiger partial charge in [0, 0.05) is 77.0 Å². The molecule has 22 nitrogen and oxygen atoms in total. The highest BCUT2D eigenvalue weighted by Crippen LogP contribution is 2.62. The zero-order valence-electron chi connectivity index (χ0n) is 38.8. The molecule has 2 aromatic carbocycles. The minimum Gasteiger partial charge on any atom is -0.507 e. The van der Waals surface area contributed by atoms with E-state index in [0.717, 1.165) is 12.1 Å². The number of hydrogen-bond donors (Lipinski definition) is 14. The van der Waals surface area contributed by atoms with Crippen LogP contribution in [0.25, 0.3) is 22.3 Å². The number of rotatable bonds is 5. The fraction of sp³-hybridized carbons (Fsp3) is 0.404. The Kier molecular flexibility index (Phi) is 11.4. The second-order valence-electron chi connectivity index (χ2n) is 19.6. The number of hydrogen-bond acceptors (Lipinski definition) is 20. The number of benzene rings is 2.